The number of esters is 1. The standard InChI is InChI=1S/C20H17FN4O2/c1-2-27-20(26)14-9-13(14)19-24-16-11-6-5-10(21)8-15(11)23-18-12(17(16)25-19)4-3-7-22-18/h3-8,13-14H,2,9H2,1H3,(H,22,23)(H,24,25)/t13-,14+/m0/s1. The second-order valence-electron chi connectivity index (χ2n) is 6.76. The van der Waals surface area contributed by atoms with E-state index in [0.29, 0.717) is 18.1 Å². The fourth-order valence-corrected chi connectivity index (χ4v) is 3.63. The monoisotopic (exact) mass is 364 g/mol. The number of fused-ring (bicyclic) bond motifs is 5. The average Bonchev–Trinajstić information content (AvgIpc) is 3.37. The van der Waals surface area contributed by atoms with Gasteiger partial charge in [0.1, 0.15) is 23.2 Å². The lowest BCUT2D eigenvalue weighted by molar-refractivity contribution is -0.144. The number of carbonyl (C=O) groups is 1. The number of aromatic amines is 1. The van der Waals surface area contributed by atoms with E-state index in [9.17, 15) is 9.18 Å². The van der Waals surface area contributed by atoms with Crippen LogP contribution in [-0.4, -0.2) is 27.5 Å². The molecular formula is C20H17FN4O2. The predicted molar refractivity (Wildman–Crippen MR) is 98.0 cm³/mol. The molecule has 1 aromatic carbocycles. The first kappa shape index (κ1) is 16.0. The van der Waals surface area contributed by atoms with Gasteiger partial charge >= 0.3 is 5.97 Å². The number of imidazole rings is 1. The number of hydrogen-bond acceptors (Lipinski definition) is 5. The third-order valence-electron chi connectivity index (χ3n) is 5.02. The van der Waals surface area contributed by atoms with Gasteiger partial charge in [0.15, 0.2) is 0 Å². The average molecular weight is 364 g/mol. The summed E-state index contributed by atoms with van der Waals surface area (Å²) in [6, 6.07) is 8.36. The van der Waals surface area contributed by atoms with Crippen LogP contribution >= 0.6 is 0 Å². The number of aromatic nitrogens is 3. The van der Waals surface area contributed by atoms with Crippen molar-refractivity contribution >= 4 is 17.5 Å². The zero-order chi connectivity index (χ0) is 18.5. The summed E-state index contributed by atoms with van der Waals surface area (Å²) in [7, 11) is 0. The lowest BCUT2D eigenvalue weighted by Crippen LogP contribution is -2.07. The Morgan fingerprint density at radius 1 is 1.33 bits per heavy atom. The third kappa shape index (κ3) is 2.58. The number of carbonyl (C=O) groups excluding carboxylic acids is 1. The normalized spacial score (nSPS) is 19.2. The Hall–Kier alpha value is -3.22. The summed E-state index contributed by atoms with van der Waals surface area (Å²) in [6.45, 7) is 2.18. The van der Waals surface area contributed by atoms with Gasteiger partial charge in [-0.3, -0.25) is 4.79 Å². The first-order valence-electron chi connectivity index (χ1n) is 8.94. The zero-order valence-electron chi connectivity index (χ0n) is 14.6. The van der Waals surface area contributed by atoms with E-state index in [-0.39, 0.29) is 23.6 Å². The summed E-state index contributed by atoms with van der Waals surface area (Å²) in [5, 5.41) is 3.20. The summed E-state index contributed by atoms with van der Waals surface area (Å²) in [5.74, 6) is 0.739. The predicted octanol–water partition coefficient (Wildman–Crippen LogP) is 4.00. The highest BCUT2D eigenvalue weighted by Crippen LogP contribution is 2.50. The molecule has 2 aromatic heterocycles. The highest BCUT2D eigenvalue weighted by Gasteiger charge is 2.47. The third-order valence-corrected chi connectivity index (χ3v) is 5.02. The van der Waals surface area contributed by atoms with Crippen LogP contribution in [0.15, 0.2) is 36.5 Å². The summed E-state index contributed by atoms with van der Waals surface area (Å²) >= 11 is 0. The quantitative estimate of drug-likeness (QED) is 0.537. The van der Waals surface area contributed by atoms with Crippen molar-refractivity contribution in [2.75, 3.05) is 11.9 Å². The summed E-state index contributed by atoms with van der Waals surface area (Å²) in [6.07, 6.45) is 2.40. The van der Waals surface area contributed by atoms with Crippen molar-refractivity contribution in [3.63, 3.8) is 0 Å². The van der Waals surface area contributed by atoms with Gasteiger partial charge in [0, 0.05) is 23.2 Å². The summed E-state index contributed by atoms with van der Waals surface area (Å²) < 4.78 is 18.9. The zero-order valence-corrected chi connectivity index (χ0v) is 14.6. The maximum absolute atomic E-state index is 13.8. The van der Waals surface area contributed by atoms with Gasteiger partial charge in [-0.05, 0) is 43.7 Å². The maximum Gasteiger partial charge on any atom is 0.309 e. The minimum Gasteiger partial charge on any atom is -0.466 e. The lowest BCUT2D eigenvalue weighted by Gasteiger charge is -2.08. The van der Waals surface area contributed by atoms with Gasteiger partial charge in [-0.25, -0.2) is 14.4 Å². The Labute approximate surface area is 154 Å². The fourth-order valence-electron chi connectivity index (χ4n) is 3.63. The number of pyridine rings is 1. The van der Waals surface area contributed by atoms with Gasteiger partial charge in [-0.15, -0.1) is 0 Å². The largest absolute Gasteiger partial charge is 0.466 e. The lowest BCUT2D eigenvalue weighted by atomic mass is 10.1. The number of benzene rings is 1. The number of anilines is 2. The van der Waals surface area contributed by atoms with Crippen molar-refractivity contribution in [2.45, 2.75) is 19.3 Å². The van der Waals surface area contributed by atoms with Crippen LogP contribution in [0.1, 0.15) is 25.1 Å². The van der Waals surface area contributed by atoms with Crippen molar-refractivity contribution in [2.24, 2.45) is 5.92 Å². The van der Waals surface area contributed by atoms with Crippen LogP contribution in [0.4, 0.5) is 15.9 Å². The number of rotatable bonds is 3. The van der Waals surface area contributed by atoms with E-state index in [0.717, 1.165) is 34.8 Å². The maximum atomic E-state index is 13.8. The van der Waals surface area contributed by atoms with Gasteiger partial charge in [-0.2, -0.15) is 0 Å². The van der Waals surface area contributed by atoms with Crippen LogP contribution in [-0.2, 0) is 9.53 Å². The van der Waals surface area contributed by atoms with E-state index in [1.54, 1.807) is 19.2 Å². The minimum absolute atomic E-state index is 0.0213. The Morgan fingerprint density at radius 3 is 3.07 bits per heavy atom. The second-order valence-corrected chi connectivity index (χ2v) is 6.76. The van der Waals surface area contributed by atoms with E-state index in [2.05, 4.69) is 15.3 Å². The smallest absolute Gasteiger partial charge is 0.309 e. The van der Waals surface area contributed by atoms with Crippen LogP contribution < -0.4 is 5.32 Å². The van der Waals surface area contributed by atoms with Crippen LogP contribution in [0.3, 0.4) is 0 Å². The Bertz CT molecular complexity index is 1060. The van der Waals surface area contributed by atoms with E-state index in [4.69, 9.17) is 9.72 Å². The number of H-pyrrole nitrogens is 1. The molecule has 2 aliphatic rings. The molecule has 0 radical (unpaired) electrons. The second kappa shape index (κ2) is 5.90. The van der Waals surface area contributed by atoms with Crippen molar-refractivity contribution in [1.29, 1.82) is 0 Å². The molecule has 0 unspecified atom stereocenters. The molecular weight excluding hydrogens is 347 g/mol. The van der Waals surface area contributed by atoms with Gasteiger partial charge in [0.25, 0.3) is 0 Å². The Kier molecular flexibility index (Phi) is 3.50. The number of hydrogen-bond donors (Lipinski definition) is 2. The van der Waals surface area contributed by atoms with E-state index in [1.807, 2.05) is 12.1 Å². The van der Waals surface area contributed by atoms with Crippen LogP contribution in [0.5, 0.6) is 0 Å². The topological polar surface area (TPSA) is 79.9 Å². The molecule has 27 heavy (non-hydrogen) atoms. The molecule has 3 aromatic rings. The minimum atomic E-state index is -0.327. The molecule has 2 atom stereocenters. The molecule has 0 saturated heterocycles. The Balaban J connectivity index is 1.62. The fraction of sp³-hybridized carbons (Fsp3) is 0.250. The van der Waals surface area contributed by atoms with Gasteiger partial charge in [0.2, 0.25) is 0 Å². The van der Waals surface area contributed by atoms with Crippen LogP contribution in [0.2, 0.25) is 0 Å². The molecule has 6 nitrogen and oxygen atoms in total. The van der Waals surface area contributed by atoms with Gasteiger partial charge < -0.3 is 15.0 Å². The molecule has 136 valence electrons. The van der Waals surface area contributed by atoms with E-state index in [1.165, 1.54) is 12.1 Å². The van der Waals surface area contributed by atoms with Gasteiger partial charge in [-0.1, -0.05) is 0 Å². The van der Waals surface area contributed by atoms with Crippen LogP contribution in [0.25, 0.3) is 22.5 Å². The van der Waals surface area contributed by atoms with E-state index >= 15 is 0 Å². The van der Waals surface area contributed by atoms with E-state index < -0.39 is 0 Å². The summed E-state index contributed by atoms with van der Waals surface area (Å²) in [4.78, 5) is 24.5. The van der Waals surface area contributed by atoms with Gasteiger partial charge in [0.05, 0.1) is 23.9 Å². The molecule has 1 saturated carbocycles. The molecule has 0 amide bonds. The molecule has 2 N–H and O–H groups in total. The molecule has 0 spiro atoms. The first-order chi connectivity index (χ1) is 13.2. The van der Waals surface area contributed by atoms with Crippen molar-refractivity contribution < 1.29 is 13.9 Å². The highest BCUT2D eigenvalue weighted by molar-refractivity contribution is 5.94. The Morgan fingerprint density at radius 2 is 2.22 bits per heavy atom. The SMILES string of the molecule is CCOC(=O)[C@@H]1C[C@@H]1c1nc2c([nH]1)-c1ccc(F)cc1Nc1ncccc1-2. The van der Waals surface area contributed by atoms with Crippen molar-refractivity contribution in [1.82, 2.24) is 15.0 Å². The number of nitrogens with zero attached hydrogens (tertiary/aromatic N) is 2. The first-order valence-corrected chi connectivity index (χ1v) is 8.94. The number of nitrogens with one attached hydrogen (secondary N) is 2. The highest BCUT2D eigenvalue weighted by atomic mass is 19.1. The number of halogens is 1. The molecule has 1 aliphatic heterocycles. The molecule has 1 aliphatic carbocycles. The molecule has 5 rings (SSSR count). The number of ether oxygens (including phenoxy) is 1. The van der Waals surface area contributed by atoms with Crippen molar-refractivity contribution in [3.8, 4) is 22.5 Å². The summed E-state index contributed by atoms with van der Waals surface area (Å²) in [5.41, 5.74) is 3.83. The van der Waals surface area contributed by atoms with Crippen molar-refractivity contribution in [3.05, 3.63) is 48.2 Å². The molecule has 3 heterocycles. The molecule has 0 bridgehead atoms. The van der Waals surface area contributed by atoms with Crippen LogP contribution in [0, 0.1) is 11.7 Å². The molecule has 1 fully saturated rings. The molecule has 7 heteroatoms.